The number of amides is 1. The Kier molecular flexibility index (Phi) is 10.0. The number of carbonyl (C=O) groups excluding carboxylic acids is 2. The van der Waals surface area contributed by atoms with E-state index in [1.807, 2.05) is 68.4 Å². The number of piperidine rings is 1. The highest BCUT2D eigenvalue weighted by Crippen LogP contribution is 2.37. The lowest BCUT2D eigenvalue weighted by Gasteiger charge is -2.40. The fraction of sp³-hybridized carbons (Fsp3) is 0.440. The van der Waals surface area contributed by atoms with Crippen molar-refractivity contribution >= 4 is 30.0 Å². The normalized spacial score (nSPS) is 15.3. The monoisotopic (exact) mass is 460 g/mol. The van der Waals surface area contributed by atoms with Crippen LogP contribution in [0.4, 0.5) is 5.69 Å². The molecule has 0 radical (unpaired) electrons. The molecule has 1 saturated heterocycles. The van der Waals surface area contributed by atoms with Crippen molar-refractivity contribution in [3.63, 3.8) is 0 Å². The van der Waals surface area contributed by atoms with Gasteiger partial charge in [0.25, 0.3) is 0 Å². The Balaban J connectivity index is 0.00000363. The van der Waals surface area contributed by atoms with Crippen LogP contribution in [-0.2, 0) is 19.7 Å². The zero-order valence-corrected chi connectivity index (χ0v) is 19.7. The second-order valence-electron chi connectivity index (χ2n) is 7.77. The van der Waals surface area contributed by atoms with Gasteiger partial charge >= 0.3 is 5.97 Å². The third kappa shape index (κ3) is 6.47. The van der Waals surface area contributed by atoms with Crippen molar-refractivity contribution in [2.45, 2.75) is 38.5 Å². The van der Waals surface area contributed by atoms with Crippen LogP contribution in [0.2, 0.25) is 0 Å². The summed E-state index contributed by atoms with van der Waals surface area (Å²) in [6.07, 6.45) is 1.79. The van der Waals surface area contributed by atoms with Crippen molar-refractivity contribution < 1.29 is 19.1 Å². The highest BCUT2D eigenvalue weighted by molar-refractivity contribution is 5.90. The molecular weight excluding hydrogens is 428 g/mol. The maximum Gasteiger partial charge on any atom is 0.316 e. The van der Waals surface area contributed by atoms with E-state index in [1.165, 1.54) is 0 Å². The zero-order valence-electron chi connectivity index (χ0n) is 18.8. The molecule has 174 valence electrons. The van der Waals surface area contributed by atoms with Gasteiger partial charge in [-0.1, -0.05) is 30.3 Å². The predicted molar refractivity (Wildman–Crippen MR) is 129 cm³/mol. The second-order valence-corrected chi connectivity index (χ2v) is 7.77. The van der Waals surface area contributed by atoms with Gasteiger partial charge in [0.1, 0.15) is 5.75 Å². The number of benzene rings is 2. The van der Waals surface area contributed by atoms with E-state index in [2.05, 4.69) is 10.2 Å². The Bertz CT molecular complexity index is 850. The van der Waals surface area contributed by atoms with Gasteiger partial charge in [-0.25, -0.2) is 0 Å². The van der Waals surface area contributed by atoms with Crippen LogP contribution in [-0.4, -0.2) is 49.6 Å². The van der Waals surface area contributed by atoms with E-state index in [9.17, 15) is 9.59 Å². The predicted octanol–water partition coefficient (Wildman–Crippen LogP) is 4.43. The summed E-state index contributed by atoms with van der Waals surface area (Å²) in [7, 11) is 0. The molecule has 2 aromatic carbocycles. The third-order valence-electron chi connectivity index (χ3n) is 5.81. The first-order valence-electron chi connectivity index (χ1n) is 11.0. The van der Waals surface area contributed by atoms with Gasteiger partial charge in [0.2, 0.25) is 5.91 Å². The molecular formula is C25H33ClN2O4. The summed E-state index contributed by atoms with van der Waals surface area (Å²) >= 11 is 0. The van der Waals surface area contributed by atoms with Gasteiger partial charge in [-0.2, -0.15) is 0 Å². The largest absolute Gasteiger partial charge is 0.494 e. The zero-order chi connectivity index (χ0) is 22.1. The molecule has 0 spiro atoms. The van der Waals surface area contributed by atoms with Gasteiger partial charge in [0.15, 0.2) is 0 Å². The molecule has 1 aliphatic heterocycles. The number of hydrogen-bond donors (Lipinski definition) is 1. The summed E-state index contributed by atoms with van der Waals surface area (Å²) in [5.41, 5.74) is 1.18. The fourth-order valence-electron chi connectivity index (χ4n) is 4.08. The van der Waals surface area contributed by atoms with Gasteiger partial charge in [-0.05, 0) is 69.6 Å². The van der Waals surface area contributed by atoms with Gasteiger partial charge < -0.3 is 19.7 Å². The lowest BCUT2D eigenvalue weighted by atomic mass is 9.72. The highest BCUT2D eigenvalue weighted by atomic mass is 35.5. The minimum atomic E-state index is -0.599. The Hall–Kier alpha value is -2.57. The average molecular weight is 461 g/mol. The lowest BCUT2D eigenvalue weighted by molar-refractivity contribution is -0.152. The molecule has 32 heavy (non-hydrogen) atoms. The van der Waals surface area contributed by atoms with Crippen molar-refractivity contribution in [1.82, 2.24) is 4.90 Å². The van der Waals surface area contributed by atoms with E-state index in [1.54, 1.807) is 0 Å². The number of ether oxygens (including phenoxy) is 2. The summed E-state index contributed by atoms with van der Waals surface area (Å²) < 4.78 is 10.9. The molecule has 0 bridgehead atoms. The molecule has 7 heteroatoms. The molecule has 0 aliphatic carbocycles. The van der Waals surface area contributed by atoms with Crippen molar-refractivity contribution in [2.75, 3.05) is 38.2 Å². The number of rotatable bonds is 9. The van der Waals surface area contributed by atoms with Crippen molar-refractivity contribution in [2.24, 2.45) is 0 Å². The molecule has 3 rings (SSSR count). The molecule has 6 nitrogen and oxygen atoms in total. The smallest absolute Gasteiger partial charge is 0.316 e. The first kappa shape index (κ1) is 25.7. The SMILES string of the molecule is CCOC(=O)C1(c2ccccc2)CCN(CCC(=O)Nc2ccc(OCC)cc2)CC1.Cl. The van der Waals surface area contributed by atoms with Gasteiger partial charge in [0, 0.05) is 18.7 Å². The molecule has 1 aliphatic rings. The van der Waals surface area contributed by atoms with Crippen molar-refractivity contribution in [1.29, 1.82) is 0 Å². The minimum absolute atomic E-state index is 0. The Labute approximate surface area is 196 Å². The minimum Gasteiger partial charge on any atom is -0.494 e. The summed E-state index contributed by atoms with van der Waals surface area (Å²) in [5, 5.41) is 2.93. The quantitative estimate of drug-likeness (QED) is 0.560. The van der Waals surface area contributed by atoms with Crippen LogP contribution in [0.1, 0.15) is 38.7 Å². The van der Waals surface area contributed by atoms with E-state index < -0.39 is 5.41 Å². The molecule has 1 fully saturated rings. The standard InChI is InChI=1S/C25H32N2O4.ClH/c1-3-30-22-12-10-21(11-13-22)26-23(28)14-17-27-18-15-25(16-19-27,24(29)31-4-2)20-8-6-5-7-9-20;/h5-13H,3-4,14-19H2,1-2H3,(H,26,28);1H. The molecule has 0 saturated carbocycles. The maximum absolute atomic E-state index is 12.8. The maximum atomic E-state index is 12.8. The molecule has 0 atom stereocenters. The summed E-state index contributed by atoms with van der Waals surface area (Å²) in [5.74, 6) is 0.626. The van der Waals surface area contributed by atoms with Crippen LogP contribution >= 0.6 is 12.4 Å². The number of hydrogen-bond acceptors (Lipinski definition) is 5. The molecule has 1 N–H and O–H groups in total. The number of carbonyl (C=O) groups is 2. The van der Waals surface area contributed by atoms with Crippen LogP contribution < -0.4 is 10.1 Å². The van der Waals surface area contributed by atoms with E-state index in [-0.39, 0.29) is 24.3 Å². The number of likely N-dealkylation sites (tertiary alicyclic amines) is 1. The van der Waals surface area contributed by atoms with Gasteiger partial charge in [-0.3, -0.25) is 9.59 Å². The summed E-state index contributed by atoms with van der Waals surface area (Å²) in [6, 6.07) is 17.3. The third-order valence-corrected chi connectivity index (χ3v) is 5.81. The fourth-order valence-corrected chi connectivity index (χ4v) is 4.08. The van der Waals surface area contributed by atoms with Crippen LogP contribution in [0.5, 0.6) is 5.75 Å². The Morgan fingerprint density at radius 1 is 0.969 bits per heavy atom. The van der Waals surface area contributed by atoms with Crippen LogP contribution in [0.15, 0.2) is 54.6 Å². The Morgan fingerprint density at radius 3 is 2.22 bits per heavy atom. The van der Waals surface area contributed by atoms with Gasteiger partial charge in [0.05, 0.1) is 18.6 Å². The second kappa shape index (κ2) is 12.5. The molecule has 0 unspecified atom stereocenters. The molecule has 1 heterocycles. The number of nitrogens with one attached hydrogen (secondary N) is 1. The number of nitrogens with zero attached hydrogens (tertiary/aromatic N) is 1. The number of halogens is 1. The van der Waals surface area contributed by atoms with Crippen molar-refractivity contribution in [3.05, 3.63) is 60.2 Å². The van der Waals surface area contributed by atoms with E-state index >= 15 is 0 Å². The van der Waals surface area contributed by atoms with E-state index in [0.29, 0.717) is 39.0 Å². The molecule has 0 aromatic heterocycles. The first-order valence-corrected chi connectivity index (χ1v) is 11.0. The molecule has 1 amide bonds. The lowest BCUT2D eigenvalue weighted by Crippen LogP contribution is -2.48. The van der Waals surface area contributed by atoms with Crippen LogP contribution in [0, 0.1) is 0 Å². The summed E-state index contributed by atoms with van der Waals surface area (Å²) in [6.45, 7) is 6.94. The first-order chi connectivity index (χ1) is 15.1. The van der Waals surface area contributed by atoms with Crippen LogP contribution in [0.3, 0.4) is 0 Å². The van der Waals surface area contributed by atoms with E-state index in [4.69, 9.17) is 9.47 Å². The molecule has 2 aromatic rings. The van der Waals surface area contributed by atoms with Gasteiger partial charge in [-0.15, -0.1) is 12.4 Å². The number of esters is 1. The Morgan fingerprint density at radius 2 is 1.62 bits per heavy atom. The van der Waals surface area contributed by atoms with E-state index in [0.717, 1.165) is 30.1 Å². The van der Waals surface area contributed by atoms with Crippen LogP contribution in [0.25, 0.3) is 0 Å². The number of anilines is 1. The summed E-state index contributed by atoms with van der Waals surface area (Å²) in [4.78, 5) is 27.5. The van der Waals surface area contributed by atoms with Crippen molar-refractivity contribution in [3.8, 4) is 5.75 Å². The topological polar surface area (TPSA) is 67.9 Å². The highest BCUT2D eigenvalue weighted by Gasteiger charge is 2.44. The average Bonchev–Trinajstić information content (AvgIpc) is 2.80.